The Morgan fingerprint density at radius 1 is 1.47 bits per heavy atom. The largest absolute Gasteiger partial charge is 0.573 e. The summed E-state index contributed by atoms with van der Waals surface area (Å²) in [6.45, 7) is 1.34. The monoisotopic (exact) mass is 278 g/mol. The normalized spacial score (nSPS) is 11.3. The van der Waals surface area contributed by atoms with Crippen molar-refractivity contribution < 1.29 is 27.4 Å². The van der Waals surface area contributed by atoms with Crippen LogP contribution in [0.3, 0.4) is 0 Å². The molecule has 0 saturated heterocycles. The molecule has 0 atom stereocenters. The van der Waals surface area contributed by atoms with E-state index in [-0.39, 0.29) is 29.9 Å². The van der Waals surface area contributed by atoms with Crippen molar-refractivity contribution in [1.82, 2.24) is 4.98 Å². The van der Waals surface area contributed by atoms with Crippen molar-refractivity contribution in [1.29, 1.82) is 0 Å². The third kappa shape index (κ3) is 4.40. The Balaban J connectivity index is 3.14. The van der Waals surface area contributed by atoms with E-state index < -0.39 is 18.1 Å². The Morgan fingerprint density at radius 2 is 2.11 bits per heavy atom. The number of halogens is 3. The van der Waals surface area contributed by atoms with Crippen molar-refractivity contribution in [2.24, 2.45) is 5.73 Å². The van der Waals surface area contributed by atoms with Crippen molar-refractivity contribution in [2.75, 3.05) is 7.11 Å². The molecule has 0 unspecified atom stereocenters. The van der Waals surface area contributed by atoms with Crippen molar-refractivity contribution in [3.8, 4) is 5.75 Å². The van der Waals surface area contributed by atoms with Gasteiger partial charge in [0.05, 0.1) is 19.2 Å². The Hall–Kier alpha value is -1.83. The minimum Gasteiger partial charge on any atom is -0.469 e. The van der Waals surface area contributed by atoms with Gasteiger partial charge >= 0.3 is 12.3 Å². The van der Waals surface area contributed by atoms with Crippen LogP contribution in [0.5, 0.6) is 5.75 Å². The van der Waals surface area contributed by atoms with E-state index in [4.69, 9.17) is 5.73 Å². The zero-order valence-corrected chi connectivity index (χ0v) is 10.4. The minimum atomic E-state index is -4.83. The summed E-state index contributed by atoms with van der Waals surface area (Å²) in [5, 5.41) is 0. The van der Waals surface area contributed by atoms with Crippen LogP contribution in [0.2, 0.25) is 0 Å². The summed E-state index contributed by atoms with van der Waals surface area (Å²) in [6.07, 6.45) is -5.07. The quantitative estimate of drug-likeness (QED) is 0.844. The number of ether oxygens (including phenoxy) is 2. The molecule has 0 radical (unpaired) electrons. The molecule has 1 heterocycles. The SMILES string of the molecule is COC(=O)Cc1cc(OC(F)(F)F)c(CN)c(C)n1. The lowest BCUT2D eigenvalue weighted by Gasteiger charge is -2.15. The number of pyridine rings is 1. The number of esters is 1. The molecule has 0 fully saturated rings. The Labute approximate surface area is 107 Å². The number of alkyl halides is 3. The first kappa shape index (κ1) is 15.2. The van der Waals surface area contributed by atoms with Crippen LogP contribution in [-0.2, 0) is 22.5 Å². The topological polar surface area (TPSA) is 74.4 Å². The summed E-state index contributed by atoms with van der Waals surface area (Å²) in [7, 11) is 1.18. The molecule has 1 aromatic rings. The standard InChI is InChI=1S/C11H13F3N2O3/c1-6-8(5-15)9(19-11(12,13)14)3-7(16-6)4-10(17)18-2/h3H,4-5,15H2,1-2H3. The Bertz CT molecular complexity index is 475. The summed E-state index contributed by atoms with van der Waals surface area (Å²) in [4.78, 5) is 15.1. The summed E-state index contributed by atoms with van der Waals surface area (Å²) in [6, 6.07) is 1.04. The average molecular weight is 278 g/mol. The molecule has 0 aromatic carbocycles. The van der Waals surface area contributed by atoms with Crippen LogP contribution in [0.25, 0.3) is 0 Å². The molecule has 0 aliphatic rings. The molecule has 2 N–H and O–H groups in total. The maximum Gasteiger partial charge on any atom is 0.573 e. The second-order valence-corrected chi connectivity index (χ2v) is 3.68. The molecule has 5 nitrogen and oxygen atoms in total. The second kappa shape index (κ2) is 5.87. The first-order valence-corrected chi connectivity index (χ1v) is 5.29. The van der Waals surface area contributed by atoms with Gasteiger partial charge in [0.1, 0.15) is 5.75 Å². The number of hydrogen-bond donors (Lipinski definition) is 1. The van der Waals surface area contributed by atoms with Gasteiger partial charge < -0.3 is 15.2 Å². The van der Waals surface area contributed by atoms with Crippen molar-refractivity contribution >= 4 is 5.97 Å². The van der Waals surface area contributed by atoms with Crippen LogP contribution in [0, 0.1) is 6.92 Å². The highest BCUT2D eigenvalue weighted by Crippen LogP contribution is 2.28. The molecule has 0 aliphatic carbocycles. The molecular weight excluding hydrogens is 265 g/mol. The predicted molar refractivity (Wildman–Crippen MR) is 59.3 cm³/mol. The molecule has 8 heteroatoms. The van der Waals surface area contributed by atoms with E-state index in [0.29, 0.717) is 0 Å². The zero-order valence-electron chi connectivity index (χ0n) is 10.4. The van der Waals surface area contributed by atoms with Gasteiger partial charge in [0, 0.05) is 23.9 Å². The Morgan fingerprint density at radius 3 is 2.58 bits per heavy atom. The smallest absolute Gasteiger partial charge is 0.469 e. The number of hydrogen-bond acceptors (Lipinski definition) is 5. The fourth-order valence-electron chi connectivity index (χ4n) is 1.51. The van der Waals surface area contributed by atoms with Gasteiger partial charge in [-0.15, -0.1) is 13.2 Å². The number of aromatic nitrogens is 1. The van der Waals surface area contributed by atoms with Gasteiger partial charge in [0.15, 0.2) is 0 Å². The van der Waals surface area contributed by atoms with Gasteiger partial charge in [-0.25, -0.2) is 0 Å². The molecule has 1 aromatic heterocycles. The van der Waals surface area contributed by atoms with Crippen LogP contribution in [0.4, 0.5) is 13.2 Å². The summed E-state index contributed by atoms with van der Waals surface area (Å²) < 4.78 is 45.1. The fraction of sp³-hybridized carbons (Fsp3) is 0.455. The highest BCUT2D eigenvalue weighted by atomic mass is 19.4. The molecule has 19 heavy (non-hydrogen) atoms. The van der Waals surface area contributed by atoms with Crippen molar-refractivity contribution in [3.05, 3.63) is 23.0 Å². The molecule has 1 rings (SSSR count). The zero-order chi connectivity index (χ0) is 14.6. The van der Waals surface area contributed by atoms with Gasteiger partial charge in [-0.3, -0.25) is 9.78 Å². The van der Waals surface area contributed by atoms with Gasteiger partial charge in [-0.2, -0.15) is 0 Å². The van der Waals surface area contributed by atoms with Gasteiger partial charge in [-0.1, -0.05) is 0 Å². The van der Waals surface area contributed by atoms with E-state index >= 15 is 0 Å². The van der Waals surface area contributed by atoms with Crippen molar-refractivity contribution in [3.63, 3.8) is 0 Å². The van der Waals surface area contributed by atoms with Gasteiger partial charge in [0.25, 0.3) is 0 Å². The van der Waals surface area contributed by atoms with E-state index in [1.54, 1.807) is 0 Å². The van der Waals surface area contributed by atoms with Crippen LogP contribution in [0.15, 0.2) is 6.07 Å². The number of rotatable bonds is 4. The first-order chi connectivity index (χ1) is 8.76. The predicted octanol–water partition coefficient (Wildman–Crippen LogP) is 1.46. The second-order valence-electron chi connectivity index (χ2n) is 3.68. The van der Waals surface area contributed by atoms with E-state index in [1.165, 1.54) is 14.0 Å². The van der Waals surface area contributed by atoms with E-state index in [9.17, 15) is 18.0 Å². The van der Waals surface area contributed by atoms with E-state index in [2.05, 4.69) is 14.5 Å². The van der Waals surface area contributed by atoms with Gasteiger partial charge in [0.2, 0.25) is 0 Å². The maximum atomic E-state index is 12.3. The molecule has 0 spiro atoms. The third-order valence-electron chi connectivity index (χ3n) is 2.33. The number of carbonyl (C=O) groups excluding carboxylic acids is 1. The summed E-state index contributed by atoms with van der Waals surface area (Å²) in [5.74, 6) is -1.05. The Kier molecular flexibility index (Phi) is 4.71. The average Bonchev–Trinajstić information content (AvgIpc) is 2.26. The molecule has 106 valence electrons. The third-order valence-corrected chi connectivity index (χ3v) is 2.33. The molecule has 0 aliphatic heterocycles. The lowest BCUT2D eigenvalue weighted by atomic mass is 10.1. The van der Waals surface area contributed by atoms with E-state index in [1.807, 2.05) is 0 Å². The summed E-state index contributed by atoms with van der Waals surface area (Å²) >= 11 is 0. The molecule has 0 amide bonds. The summed E-state index contributed by atoms with van der Waals surface area (Å²) in [5.41, 5.74) is 5.92. The first-order valence-electron chi connectivity index (χ1n) is 5.29. The van der Waals surface area contributed by atoms with Gasteiger partial charge in [-0.05, 0) is 6.92 Å². The van der Waals surface area contributed by atoms with Crippen LogP contribution in [-0.4, -0.2) is 24.4 Å². The molecule has 0 bridgehead atoms. The van der Waals surface area contributed by atoms with Crippen LogP contribution in [0.1, 0.15) is 17.0 Å². The molecule has 0 saturated carbocycles. The number of aryl methyl sites for hydroxylation is 1. The van der Waals surface area contributed by atoms with Crippen LogP contribution < -0.4 is 10.5 Å². The number of carbonyl (C=O) groups is 1. The minimum absolute atomic E-state index is 0.126. The lowest BCUT2D eigenvalue weighted by Crippen LogP contribution is -2.20. The number of nitrogens with zero attached hydrogens (tertiary/aromatic N) is 1. The van der Waals surface area contributed by atoms with E-state index in [0.717, 1.165) is 6.07 Å². The van der Waals surface area contributed by atoms with Crippen molar-refractivity contribution in [2.45, 2.75) is 26.3 Å². The number of nitrogens with two attached hydrogens (primary N) is 1. The number of methoxy groups -OCH3 is 1. The lowest BCUT2D eigenvalue weighted by molar-refractivity contribution is -0.274. The molecular formula is C11H13F3N2O3. The van der Waals surface area contributed by atoms with Crippen LogP contribution >= 0.6 is 0 Å². The maximum absolute atomic E-state index is 12.3. The highest BCUT2D eigenvalue weighted by Gasteiger charge is 2.32. The fourth-order valence-corrected chi connectivity index (χ4v) is 1.51. The highest BCUT2D eigenvalue weighted by molar-refractivity contribution is 5.72.